The van der Waals surface area contributed by atoms with Gasteiger partial charge in [0.1, 0.15) is 5.75 Å². The van der Waals surface area contributed by atoms with Crippen molar-refractivity contribution in [1.82, 2.24) is 10.3 Å². The summed E-state index contributed by atoms with van der Waals surface area (Å²) in [5.74, 6) is 2.32. The Hall–Kier alpha value is -1.35. The number of hydrogen-bond acceptors (Lipinski definition) is 3. The number of ether oxygens (including phenoxy) is 1. The van der Waals surface area contributed by atoms with Crippen molar-refractivity contribution >= 4 is 5.57 Å². The minimum atomic E-state index is 0.664. The van der Waals surface area contributed by atoms with Crippen molar-refractivity contribution < 1.29 is 4.74 Å². The highest BCUT2D eigenvalue weighted by molar-refractivity contribution is 5.69. The molecule has 1 aromatic rings. The molecule has 0 bridgehead atoms. The van der Waals surface area contributed by atoms with E-state index in [9.17, 15) is 0 Å². The molecule has 1 fully saturated rings. The second-order valence-electron chi connectivity index (χ2n) is 4.88. The Morgan fingerprint density at radius 1 is 1.35 bits per heavy atom. The van der Waals surface area contributed by atoms with Crippen molar-refractivity contribution in [1.29, 1.82) is 0 Å². The average molecular weight is 230 g/mol. The average Bonchev–Trinajstić information content (AvgIpc) is 2.87. The number of methoxy groups -OCH3 is 1. The molecule has 1 aliphatic carbocycles. The van der Waals surface area contributed by atoms with Gasteiger partial charge in [-0.15, -0.1) is 0 Å². The van der Waals surface area contributed by atoms with Gasteiger partial charge in [0.15, 0.2) is 0 Å². The number of rotatable bonds is 2. The highest BCUT2D eigenvalue weighted by Gasteiger charge is 2.32. The predicted octanol–water partition coefficient (Wildman–Crippen LogP) is 2.10. The molecule has 2 heterocycles. The van der Waals surface area contributed by atoms with Crippen molar-refractivity contribution in [2.24, 2.45) is 11.8 Å². The van der Waals surface area contributed by atoms with Crippen LogP contribution < -0.4 is 10.1 Å². The molecule has 3 nitrogen and oxygen atoms in total. The molecule has 0 spiro atoms. The van der Waals surface area contributed by atoms with Gasteiger partial charge < -0.3 is 10.1 Å². The number of allylic oxidation sites excluding steroid dienone is 1. The maximum atomic E-state index is 5.25. The van der Waals surface area contributed by atoms with Crippen LogP contribution in [-0.2, 0) is 0 Å². The molecule has 1 saturated heterocycles. The molecular weight excluding hydrogens is 212 g/mol. The quantitative estimate of drug-likeness (QED) is 0.845. The third-order valence-electron chi connectivity index (χ3n) is 3.92. The Balaban J connectivity index is 1.94. The normalized spacial score (nSPS) is 27.5. The van der Waals surface area contributed by atoms with Gasteiger partial charge in [-0.3, -0.25) is 4.98 Å². The molecule has 0 amide bonds. The Morgan fingerprint density at radius 3 is 3.18 bits per heavy atom. The lowest BCUT2D eigenvalue weighted by atomic mass is 9.78. The van der Waals surface area contributed by atoms with Gasteiger partial charge in [0, 0.05) is 18.7 Å². The lowest BCUT2D eigenvalue weighted by Gasteiger charge is -2.26. The fraction of sp³-hybridized carbons (Fsp3) is 0.500. The monoisotopic (exact) mass is 230 g/mol. The van der Waals surface area contributed by atoms with E-state index in [1.54, 1.807) is 13.3 Å². The van der Waals surface area contributed by atoms with Gasteiger partial charge >= 0.3 is 0 Å². The molecule has 0 saturated carbocycles. The first-order valence-electron chi connectivity index (χ1n) is 6.28. The molecule has 2 aliphatic rings. The largest absolute Gasteiger partial charge is 0.495 e. The van der Waals surface area contributed by atoms with E-state index in [-0.39, 0.29) is 0 Å². The highest BCUT2D eigenvalue weighted by atomic mass is 16.5. The van der Waals surface area contributed by atoms with Crippen molar-refractivity contribution in [3.05, 3.63) is 30.1 Å². The zero-order chi connectivity index (χ0) is 11.7. The molecule has 3 rings (SSSR count). The van der Waals surface area contributed by atoms with Gasteiger partial charge in [-0.25, -0.2) is 0 Å². The van der Waals surface area contributed by atoms with Gasteiger partial charge in [0.25, 0.3) is 0 Å². The van der Waals surface area contributed by atoms with Gasteiger partial charge in [-0.2, -0.15) is 0 Å². The summed E-state index contributed by atoms with van der Waals surface area (Å²) in [7, 11) is 1.69. The number of nitrogens with one attached hydrogen (secondary N) is 1. The smallest absolute Gasteiger partial charge is 0.137 e. The molecule has 17 heavy (non-hydrogen) atoms. The van der Waals surface area contributed by atoms with Crippen LogP contribution >= 0.6 is 0 Å². The highest BCUT2D eigenvalue weighted by Crippen LogP contribution is 2.38. The summed E-state index contributed by atoms with van der Waals surface area (Å²) in [4.78, 5) is 4.26. The number of fused-ring (bicyclic) bond motifs is 1. The predicted molar refractivity (Wildman–Crippen MR) is 67.8 cm³/mol. The number of aromatic nitrogens is 1. The molecule has 1 N–H and O–H groups in total. The van der Waals surface area contributed by atoms with Crippen LogP contribution in [0.2, 0.25) is 0 Å². The minimum Gasteiger partial charge on any atom is -0.495 e. The van der Waals surface area contributed by atoms with Crippen LogP contribution in [0.4, 0.5) is 0 Å². The van der Waals surface area contributed by atoms with Crippen LogP contribution in [0.15, 0.2) is 24.5 Å². The van der Waals surface area contributed by atoms with E-state index in [1.807, 2.05) is 6.20 Å². The third kappa shape index (κ3) is 1.95. The molecule has 0 aromatic carbocycles. The summed E-state index contributed by atoms with van der Waals surface area (Å²) >= 11 is 0. The molecule has 3 heteroatoms. The van der Waals surface area contributed by atoms with Gasteiger partial charge in [-0.1, -0.05) is 6.08 Å². The lowest BCUT2D eigenvalue weighted by Crippen LogP contribution is -2.17. The Bertz CT molecular complexity index is 442. The minimum absolute atomic E-state index is 0.664. The van der Waals surface area contributed by atoms with E-state index in [0.717, 1.165) is 18.2 Å². The third-order valence-corrected chi connectivity index (χ3v) is 3.92. The van der Waals surface area contributed by atoms with E-state index in [4.69, 9.17) is 4.74 Å². The second kappa shape index (κ2) is 4.49. The summed E-state index contributed by atoms with van der Waals surface area (Å²) in [6.07, 6.45) is 8.60. The molecule has 1 aliphatic heterocycles. The first kappa shape index (κ1) is 10.8. The molecule has 2 atom stereocenters. The van der Waals surface area contributed by atoms with Crippen molar-refractivity contribution in [2.75, 3.05) is 20.2 Å². The first-order valence-corrected chi connectivity index (χ1v) is 6.28. The standard InChI is InChI=1S/C14H18N2O/c1-17-12-5-11(7-15-8-12)13-4-2-3-10-6-16-9-14(10)13/h4-5,7-8,10,14,16H,2-3,6,9H2,1H3/t10-,14+/m0/s1. The Labute approximate surface area is 102 Å². The van der Waals surface area contributed by atoms with E-state index < -0.39 is 0 Å². The van der Waals surface area contributed by atoms with Crippen LogP contribution in [0.1, 0.15) is 18.4 Å². The number of pyridine rings is 1. The summed E-state index contributed by atoms with van der Waals surface area (Å²) in [5, 5.41) is 3.50. The fourth-order valence-corrected chi connectivity index (χ4v) is 3.02. The topological polar surface area (TPSA) is 34.1 Å². The Kier molecular flexibility index (Phi) is 2.85. The molecule has 1 aromatic heterocycles. The van der Waals surface area contributed by atoms with Crippen LogP contribution in [0.25, 0.3) is 5.57 Å². The summed E-state index contributed by atoms with van der Waals surface area (Å²) in [6.45, 7) is 2.27. The maximum absolute atomic E-state index is 5.25. The first-order chi connectivity index (χ1) is 8.38. The van der Waals surface area contributed by atoms with Crippen molar-refractivity contribution in [2.45, 2.75) is 12.8 Å². The lowest BCUT2D eigenvalue weighted by molar-refractivity contribution is 0.412. The molecule has 0 unspecified atom stereocenters. The van der Waals surface area contributed by atoms with Gasteiger partial charge in [-0.05, 0) is 42.5 Å². The maximum Gasteiger partial charge on any atom is 0.137 e. The zero-order valence-electron chi connectivity index (χ0n) is 10.1. The van der Waals surface area contributed by atoms with Crippen LogP contribution in [-0.4, -0.2) is 25.2 Å². The van der Waals surface area contributed by atoms with Crippen LogP contribution in [0.5, 0.6) is 5.75 Å². The van der Waals surface area contributed by atoms with Crippen molar-refractivity contribution in [3.8, 4) is 5.75 Å². The van der Waals surface area contributed by atoms with Gasteiger partial charge in [0.05, 0.1) is 13.3 Å². The number of hydrogen-bond donors (Lipinski definition) is 1. The van der Waals surface area contributed by atoms with Gasteiger partial charge in [0.2, 0.25) is 0 Å². The van der Waals surface area contributed by atoms with E-state index in [2.05, 4.69) is 22.4 Å². The number of nitrogens with zero attached hydrogens (tertiary/aromatic N) is 1. The second-order valence-corrected chi connectivity index (χ2v) is 4.88. The van der Waals surface area contributed by atoms with E-state index in [1.165, 1.54) is 30.5 Å². The van der Waals surface area contributed by atoms with Crippen LogP contribution in [0.3, 0.4) is 0 Å². The van der Waals surface area contributed by atoms with E-state index in [0.29, 0.717) is 5.92 Å². The summed E-state index contributed by atoms with van der Waals surface area (Å²) < 4.78 is 5.25. The fourth-order valence-electron chi connectivity index (χ4n) is 3.02. The zero-order valence-corrected chi connectivity index (χ0v) is 10.1. The summed E-state index contributed by atoms with van der Waals surface area (Å²) in [5.41, 5.74) is 2.68. The molecular formula is C14H18N2O. The Morgan fingerprint density at radius 2 is 2.29 bits per heavy atom. The molecule has 90 valence electrons. The summed E-state index contributed by atoms with van der Waals surface area (Å²) in [6, 6.07) is 2.10. The van der Waals surface area contributed by atoms with E-state index >= 15 is 0 Å². The molecule has 0 radical (unpaired) electrons. The van der Waals surface area contributed by atoms with Crippen LogP contribution in [0, 0.1) is 11.8 Å². The SMILES string of the molecule is COc1cncc(C2=CCC[C@H]3CNC[C@@H]23)c1. The van der Waals surface area contributed by atoms with Crippen molar-refractivity contribution in [3.63, 3.8) is 0 Å².